The molecule has 3 aliphatic heterocycles. The molecule has 1 aromatic heterocycles. The minimum absolute atomic E-state index is 0.0160. The molecule has 1 spiro atoms. The van der Waals surface area contributed by atoms with E-state index in [1.54, 1.807) is 18.6 Å². The van der Waals surface area contributed by atoms with Gasteiger partial charge in [-0.15, -0.1) is 0 Å². The number of fused-ring (bicyclic) bond motifs is 3. The first-order valence-corrected chi connectivity index (χ1v) is 11.9. The normalized spacial score (nSPS) is 51.8. The van der Waals surface area contributed by atoms with E-state index in [0.717, 1.165) is 18.4 Å². The van der Waals surface area contributed by atoms with E-state index in [1.807, 2.05) is 26.0 Å². The number of allylic oxidation sites excluding steroid dienone is 1. The van der Waals surface area contributed by atoms with Crippen molar-refractivity contribution in [3.05, 3.63) is 36.3 Å². The summed E-state index contributed by atoms with van der Waals surface area (Å²) in [7, 11) is 0. The summed E-state index contributed by atoms with van der Waals surface area (Å²) in [5.74, 6) is -0.820. The highest BCUT2D eigenvalue weighted by Gasteiger charge is 2.87. The molecule has 1 aromatic rings. The molecule has 6 rings (SSSR count). The third-order valence-electron chi connectivity index (χ3n) is 10.2. The van der Waals surface area contributed by atoms with Gasteiger partial charge in [-0.3, -0.25) is 0 Å². The molecular weight excluding hydrogens is 424 g/mol. The Labute approximate surface area is 193 Å². The van der Waals surface area contributed by atoms with Gasteiger partial charge < -0.3 is 23.7 Å². The number of aliphatic hydroxyl groups excluding tert-OH is 1. The van der Waals surface area contributed by atoms with Crippen LogP contribution in [0.25, 0.3) is 0 Å². The Balaban J connectivity index is 1.52. The molecule has 7 heteroatoms. The summed E-state index contributed by atoms with van der Waals surface area (Å²) in [6, 6.07) is 1.84. The summed E-state index contributed by atoms with van der Waals surface area (Å²) >= 11 is 0. The summed E-state index contributed by atoms with van der Waals surface area (Å²) in [5, 5.41) is 11.8. The van der Waals surface area contributed by atoms with E-state index in [9.17, 15) is 14.7 Å². The van der Waals surface area contributed by atoms with Crippen LogP contribution in [0.1, 0.15) is 65.5 Å². The highest BCUT2D eigenvalue weighted by atomic mass is 16.7. The molecule has 0 aromatic carbocycles. The molecule has 5 aliphatic rings. The van der Waals surface area contributed by atoms with Crippen molar-refractivity contribution in [3.8, 4) is 0 Å². The number of hydrogen-bond donors (Lipinski definition) is 1. The van der Waals surface area contributed by atoms with Crippen LogP contribution in [-0.2, 0) is 23.8 Å². The van der Waals surface area contributed by atoms with Crippen molar-refractivity contribution in [1.29, 1.82) is 0 Å². The maximum absolute atomic E-state index is 13.1. The standard InChI is InChI=1S/C26H32O7/c1-22(2)16-12-17(27)25(5)15(23(16,3)9-7-18(28)32-22)6-10-24(4)19(14-8-11-30-13-14)31-21(29)20-26(24,25)33-20/h7-9,11,13,15-17,19-20,27H,6,10,12H2,1-5H3/t15-,16+,17-,19+,20?,23+,24-,25-,26-/m1/s1. The predicted octanol–water partition coefficient (Wildman–Crippen LogP) is 3.72. The fourth-order valence-electron chi connectivity index (χ4n) is 8.79. The zero-order chi connectivity index (χ0) is 23.6. The smallest absolute Gasteiger partial charge is 0.339 e. The number of furan rings is 1. The molecule has 2 saturated heterocycles. The number of esters is 2. The first-order chi connectivity index (χ1) is 15.4. The predicted molar refractivity (Wildman–Crippen MR) is 116 cm³/mol. The molecule has 9 atom stereocenters. The van der Waals surface area contributed by atoms with Gasteiger partial charge in [0.05, 0.1) is 18.6 Å². The van der Waals surface area contributed by atoms with E-state index in [2.05, 4.69) is 20.8 Å². The van der Waals surface area contributed by atoms with Gasteiger partial charge in [-0.05, 0) is 50.5 Å². The molecule has 0 bridgehead atoms. The third kappa shape index (κ3) is 2.28. The maximum Gasteiger partial charge on any atom is 0.339 e. The number of epoxide rings is 1. The van der Waals surface area contributed by atoms with Gasteiger partial charge in [-0.1, -0.05) is 26.8 Å². The molecule has 33 heavy (non-hydrogen) atoms. The molecule has 4 fully saturated rings. The minimum Gasteiger partial charge on any atom is -0.472 e. The Morgan fingerprint density at radius 3 is 2.52 bits per heavy atom. The third-order valence-corrected chi connectivity index (χ3v) is 10.2. The molecule has 0 radical (unpaired) electrons. The second-order valence-electron chi connectivity index (χ2n) is 11.9. The van der Waals surface area contributed by atoms with Crippen LogP contribution in [0.3, 0.4) is 0 Å². The number of carbonyl (C=O) groups is 2. The largest absolute Gasteiger partial charge is 0.472 e. The lowest BCUT2D eigenvalue weighted by molar-refractivity contribution is -0.252. The summed E-state index contributed by atoms with van der Waals surface area (Å²) in [4.78, 5) is 25.5. The lowest BCUT2D eigenvalue weighted by Crippen LogP contribution is -2.72. The molecule has 2 aliphatic carbocycles. The number of carbonyl (C=O) groups excluding carboxylic acids is 2. The number of hydrogen-bond acceptors (Lipinski definition) is 7. The van der Waals surface area contributed by atoms with Gasteiger partial charge in [0.15, 0.2) is 6.10 Å². The van der Waals surface area contributed by atoms with E-state index in [1.165, 1.54) is 0 Å². The average molecular weight is 457 g/mol. The van der Waals surface area contributed by atoms with E-state index in [-0.39, 0.29) is 23.8 Å². The van der Waals surface area contributed by atoms with E-state index < -0.39 is 45.8 Å². The molecule has 7 nitrogen and oxygen atoms in total. The molecule has 2 saturated carbocycles. The first kappa shape index (κ1) is 21.4. The lowest BCUT2D eigenvalue weighted by atomic mass is 9.37. The fraction of sp³-hybridized carbons (Fsp3) is 0.692. The van der Waals surface area contributed by atoms with Gasteiger partial charge in [-0.25, -0.2) is 9.59 Å². The summed E-state index contributed by atoms with van der Waals surface area (Å²) < 4.78 is 23.4. The van der Waals surface area contributed by atoms with Crippen LogP contribution in [0, 0.1) is 28.1 Å². The Morgan fingerprint density at radius 2 is 1.82 bits per heavy atom. The minimum atomic E-state index is -0.858. The van der Waals surface area contributed by atoms with Gasteiger partial charge >= 0.3 is 11.9 Å². The van der Waals surface area contributed by atoms with Crippen LogP contribution in [0.4, 0.5) is 0 Å². The Kier molecular flexibility index (Phi) is 3.96. The quantitative estimate of drug-likeness (QED) is 0.508. The van der Waals surface area contributed by atoms with E-state index in [4.69, 9.17) is 18.6 Å². The molecule has 4 heterocycles. The van der Waals surface area contributed by atoms with E-state index in [0.29, 0.717) is 6.42 Å². The van der Waals surface area contributed by atoms with Gasteiger partial charge in [0, 0.05) is 28.4 Å². The lowest BCUT2D eigenvalue weighted by Gasteiger charge is -2.67. The van der Waals surface area contributed by atoms with Crippen molar-refractivity contribution in [2.75, 3.05) is 0 Å². The molecular formula is C26H32O7. The van der Waals surface area contributed by atoms with E-state index >= 15 is 0 Å². The number of ether oxygens (including phenoxy) is 3. The Morgan fingerprint density at radius 1 is 1.06 bits per heavy atom. The van der Waals surface area contributed by atoms with Crippen LogP contribution in [0.2, 0.25) is 0 Å². The van der Waals surface area contributed by atoms with Gasteiger partial charge in [0.1, 0.15) is 17.3 Å². The second kappa shape index (κ2) is 6.11. The number of rotatable bonds is 1. The van der Waals surface area contributed by atoms with Gasteiger partial charge in [0.25, 0.3) is 0 Å². The second-order valence-corrected chi connectivity index (χ2v) is 11.9. The molecule has 1 unspecified atom stereocenters. The molecule has 0 amide bonds. The summed E-state index contributed by atoms with van der Waals surface area (Å²) in [6.07, 6.45) is 6.82. The Hall–Kier alpha value is -2.12. The van der Waals surface area contributed by atoms with Crippen LogP contribution in [-0.4, -0.2) is 40.5 Å². The zero-order valence-corrected chi connectivity index (χ0v) is 19.8. The highest BCUT2D eigenvalue weighted by Crippen LogP contribution is 2.79. The monoisotopic (exact) mass is 456 g/mol. The Bertz CT molecular complexity index is 1060. The maximum atomic E-state index is 13.1. The van der Waals surface area contributed by atoms with Gasteiger partial charge in [0.2, 0.25) is 0 Å². The molecule has 178 valence electrons. The van der Waals surface area contributed by atoms with Crippen molar-refractivity contribution in [3.63, 3.8) is 0 Å². The van der Waals surface area contributed by atoms with Crippen LogP contribution in [0.5, 0.6) is 0 Å². The summed E-state index contributed by atoms with van der Waals surface area (Å²) in [6.45, 7) is 10.3. The van der Waals surface area contributed by atoms with Crippen molar-refractivity contribution < 1.29 is 33.3 Å². The number of aliphatic hydroxyl groups is 1. The molecule has 1 N–H and O–H groups in total. The van der Waals surface area contributed by atoms with Crippen molar-refractivity contribution in [2.24, 2.45) is 28.1 Å². The van der Waals surface area contributed by atoms with Crippen LogP contribution < -0.4 is 0 Å². The number of cyclic esters (lactones) is 2. The highest BCUT2D eigenvalue weighted by molar-refractivity contribution is 5.83. The zero-order valence-electron chi connectivity index (χ0n) is 19.8. The SMILES string of the molecule is CC1(C)OC(=O)C=C[C@@]2(C)[C@H]3CC[C@]4(C)[C@H](c5ccoc5)OC(=O)C5O[C@]54[C@@]3(C)[C@H](O)C[C@@H]12. The van der Waals surface area contributed by atoms with Crippen molar-refractivity contribution >= 4 is 11.9 Å². The summed E-state index contributed by atoms with van der Waals surface area (Å²) in [5.41, 5.74) is -2.44. The van der Waals surface area contributed by atoms with Gasteiger partial charge in [-0.2, -0.15) is 0 Å². The average Bonchev–Trinajstić information content (AvgIpc) is 3.33. The van der Waals surface area contributed by atoms with Crippen molar-refractivity contribution in [2.45, 2.75) is 83.4 Å². The van der Waals surface area contributed by atoms with Crippen LogP contribution >= 0.6 is 0 Å². The fourth-order valence-corrected chi connectivity index (χ4v) is 8.79. The first-order valence-electron chi connectivity index (χ1n) is 11.9. The topological polar surface area (TPSA) is 98.5 Å². The van der Waals surface area contributed by atoms with Crippen LogP contribution in [0.15, 0.2) is 35.2 Å². The van der Waals surface area contributed by atoms with Crippen molar-refractivity contribution in [1.82, 2.24) is 0 Å².